The standard InChI is InChI=1S/C13H17N3O/c1-16(9-10-3-2-6-15-8-10)13(17)11-4-5-12(14)7-11/h2-6,8,11-12H,7,9,14H2,1H3. The van der Waals surface area contributed by atoms with Gasteiger partial charge in [0.25, 0.3) is 0 Å². The molecule has 2 N–H and O–H groups in total. The molecular formula is C13H17N3O. The van der Waals surface area contributed by atoms with E-state index in [0.717, 1.165) is 12.0 Å². The third-order valence-electron chi connectivity index (χ3n) is 2.95. The van der Waals surface area contributed by atoms with Crippen molar-refractivity contribution in [3.63, 3.8) is 0 Å². The second-order valence-electron chi connectivity index (χ2n) is 4.45. The van der Waals surface area contributed by atoms with Gasteiger partial charge in [0.15, 0.2) is 0 Å². The van der Waals surface area contributed by atoms with Gasteiger partial charge in [0.1, 0.15) is 0 Å². The average molecular weight is 231 g/mol. The average Bonchev–Trinajstić information content (AvgIpc) is 2.76. The molecule has 1 heterocycles. The summed E-state index contributed by atoms with van der Waals surface area (Å²) >= 11 is 0. The molecule has 2 unspecified atom stereocenters. The number of nitrogens with zero attached hydrogens (tertiary/aromatic N) is 2. The molecule has 1 aromatic rings. The van der Waals surface area contributed by atoms with E-state index in [1.165, 1.54) is 0 Å². The van der Waals surface area contributed by atoms with Crippen LogP contribution in [0.15, 0.2) is 36.7 Å². The number of carbonyl (C=O) groups is 1. The zero-order valence-corrected chi connectivity index (χ0v) is 9.91. The molecular weight excluding hydrogens is 214 g/mol. The van der Waals surface area contributed by atoms with Crippen LogP contribution in [0.3, 0.4) is 0 Å². The van der Waals surface area contributed by atoms with Crippen molar-refractivity contribution >= 4 is 5.91 Å². The van der Waals surface area contributed by atoms with Crippen molar-refractivity contribution in [3.05, 3.63) is 42.2 Å². The van der Waals surface area contributed by atoms with Crippen LogP contribution in [0, 0.1) is 5.92 Å². The topological polar surface area (TPSA) is 59.2 Å². The molecule has 4 nitrogen and oxygen atoms in total. The van der Waals surface area contributed by atoms with Gasteiger partial charge in [0.05, 0.1) is 5.92 Å². The van der Waals surface area contributed by atoms with Gasteiger partial charge < -0.3 is 10.6 Å². The maximum absolute atomic E-state index is 12.1. The summed E-state index contributed by atoms with van der Waals surface area (Å²) in [6.45, 7) is 0.590. The zero-order valence-electron chi connectivity index (χ0n) is 9.91. The minimum absolute atomic E-state index is 0.0238. The maximum atomic E-state index is 12.1. The van der Waals surface area contributed by atoms with E-state index in [1.54, 1.807) is 17.3 Å². The fourth-order valence-corrected chi connectivity index (χ4v) is 2.04. The minimum atomic E-state index is -0.0633. The van der Waals surface area contributed by atoms with Gasteiger partial charge in [-0.2, -0.15) is 0 Å². The first-order chi connectivity index (χ1) is 8.16. The number of hydrogen-bond acceptors (Lipinski definition) is 3. The summed E-state index contributed by atoms with van der Waals surface area (Å²) in [5.74, 6) is 0.0599. The van der Waals surface area contributed by atoms with E-state index in [4.69, 9.17) is 5.73 Å². The second-order valence-corrected chi connectivity index (χ2v) is 4.45. The number of amides is 1. The molecule has 0 saturated carbocycles. The van der Waals surface area contributed by atoms with Gasteiger partial charge in [-0.3, -0.25) is 9.78 Å². The van der Waals surface area contributed by atoms with Gasteiger partial charge in [0.2, 0.25) is 5.91 Å². The highest BCUT2D eigenvalue weighted by molar-refractivity contribution is 5.81. The highest BCUT2D eigenvalue weighted by atomic mass is 16.2. The largest absolute Gasteiger partial charge is 0.341 e. The molecule has 0 saturated heterocycles. The van der Waals surface area contributed by atoms with Crippen LogP contribution in [0.4, 0.5) is 0 Å². The second kappa shape index (κ2) is 5.10. The Kier molecular flexibility index (Phi) is 3.54. The maximum Gasteiger partial charge on any atom is 0.229 e. The summed E-state index contributed by atoms with van der Waals surface area (Å²) in [5.41, 5.74) is 6.78. The highest BCUT2D eigenvalue weighted by Gasteiger charge is 2.25. The Morgan fingerprint density at radius 2 is 2.41 bits per heavy atom. The summed E-state index contributed by atoms with van der Waals surface area (Å²) in [5, 5.41) is 0. The molecule has 2 rings (SSSR count). The third-order valence-corrected chi connectivity index (χ3v) is 2.95. The Morgan fingerprint density at radius 1 is 1.59 bits per heavy atom. The summed E-state index contributed by atoms with van der Waals surface area (Å²) in [6.07, 6.45) is 8.04. The monoisotopic (exact) mass is 231 g/mol. The molecule has 1 amide bonds. The van der Waals surface area contributed by atoms with Gasteiger partial charge in [0, 0.05) is 32.0 Å². The van der Waals surface area contributed by atoms with Gasteiger partial charge in [-0.15, -0.1) is 0 Å². The van der Waals surface area contributed by atoms with Crippen LogP contribution in [0.1, 0.15) is 12.0 Å². The summed E-state index contributed by atoms with van der Waals surface area (Å²) in [6, 6.07) is 3.86. The minimum Gasteiger partial charge on any atom is -0.341 e. The van der Waals surface area contributed by atoms with Crippen LogP contribution >= 0.6 is 0 Å². The number of aromatic nitrogens is 1. The molecule has 1 aliphatic carbocycles. The van der Waals surface area contributed by atoms with Crippen molar-refractivity contribution < 1.29 is 4.79 Å². The molecule has 0 fully saturated rings. The quantitative estimate of drug-likeness (QED) is 0.788. The van der Waals surface area contributed by atoms with Gasteiger partial charge >= 0.3 is 0 Å². The van der Waals surface area contributed by atoms with Crippen molar-refractivity contribution in [1.29, 1.82) is 0 Å². The molecule has 90 valence electrons. The van der Waals surface area contributed by atoms with Crippen molar-refractivity contribution in [2.24, 2.45) is 11.7 Å². The normalized spacial score (nSPS) is 22.7. The smallest absolute Gasteiger partial charge is 0.229 e. The van der Waals surface area contributed by atoms with Gasteiger partial charge in [-0.05, 0) is 18.1 Å². The summed E-state index contributed by atoms with van der Waals surface area (Å²) in [4.78, 5) is 17.9. The Labute approximate surface area is 101 Å². The van der Waals surface area contributed by atoms with E-state index >= 15 is 0 Å². The summed E-state index contributed by atoms with van der Waals surface area (Å²) in [7, 11) is 1.81. The van der Waals surface area contributed by atoms with Crippen molar-refractivity contribution in [2.45, 2.75) is 19.0 Å². The number of rotatable bonds is 3. The van der Waals surface area contributed by atoms with Crippen LogP contribution < -0.4 is 5.73 Å². The fraction of sp³-hybridized carbons (Fsp3) is 0.385. The lowest BCUT2D eigenvalue weighted by molar-refractivity contribution is -0.133. The number of carbonyl (C=O) groups excluding carboxylic acids is 1. The Hall–Kier alpha value is -1.68. The van der Waals surface area contributed by atoms with Gasteiger partial charge in [-0.25, -0.2) is 0 Å². The molecule has 0 radical (unpaired) electrons. The Morgan fingerprint density at radius 3 is 3.00 bits per heavy atom. The molecule has 0 bridgehead atoms. The van der Waals surface area contributed by atoms with Crippen LogP contribution in [0.25, 0.3) is 0 Å². The first-order valence-electron chi connectivity index (χ1n) is 5.74. The lowest BCUT2D eigenvalue weighted by Gasteiger charge is -2.20. The molecule has 1 aliphatic rings. The molecule has 0 spiro atoms. The molecule has 0 aromatic carbocycles. The Bertz CT molecular complexity index is 416. The van der Waals surface area contributed by atoms with E-state index in [0.29, 0.717) is 6.54 Å². The van der Waals surface area contributed by atoms with E-state index < -0.39 is 0 Å². The third kappa shape index (κ3) is 2.91. The molecule has 2 atom stereocenters. The summed E-state index contributed by atoms with van der Waals surface area (Å²) < 4.78 is 0. The molecule has 4 heteroatoms. The van der Waals surface area contributed by atoms with Gasteiger partial charge in [-0.1, -0.05) is 18.2 Å². The first kappa shape index (κ1) is 11.8. The predicted molar refractivity (Wildman–Crippen MR) is 65.9 cm³/mol. The van der Waals surface area contributed by atoms with E-state index in [-0.39, 0.29) is 17.9 Å². The van der Waals surface area contributed by atoms with Crippen LogP contribution in [-0.4, -0.2) is 28.9 Å². The lowest BCUT2D eigenvalue weighted by Crippen LogP contribution is -2.32. The molecule has 0 aliphatic heterocycles. The van der Waals surface area contributed by atoms with Crippen LogP contribution in [0.5, 0.6) is 0 Å². The van der Waals surface area contributed by atoms with E-state index in [9.17, 15) is 4.79 Å². The lowest BCUT2D eigenvalue weighted by atomic mass is 10.1. The SMILES string of the molecule is CN(Cc1cccnc1)C(=O)C1C=CC(N)C1. The van der Waals surface area contributed by atoms with Crippen LogP contribution in [-0.2, 0) is 11.3 Å². The Balaban J connectivity index is 1.94. The zero-order chi connectivity index (χ0) is 12.3. The number of hydrogen-bond donors (Lipinski definition) is 1. The fourth-order valence-electron chi connectivity index (χ4n) is 2.04. The van der Waals surface area contributed by atoms with Crippen molar-refractivity contribution in [2.75, 3.05) is 7.05 Å². The number of pyridine rings is 1. The molecule has 17 heavy (non-hydrogen) atoms. The van der Waals surface area contributed by atoms with E-state index in [2.05, 4.69) is 4.98 Å². The first-order valence-corrected chi connectivity index (χ1v) is 5.74. The number of nitrogens with two attached hydrogens (primary N) is 1. The van der Waals surface area contributed by atoms with E-state index in [1.807, 2.05) is 31.3 Å². The van der Waals surface area contributed by atoms with Crippen molar-refractivity contribution in [1.82, 2.24) is 9.88 Å². The van der Waals surface area contributed by atoms with Crippen LogP contribution in [0.2, 0.25) is 0 Å². The predicted octanol–water partition coefficient (Wildman–Crippen LogP) is 0.943. The van der Waals surface area contributed by atoms with Crippen molar-refractivity contribution in [3.8, 4) is 0 Å². The molecule has 1 aromatic heterocycles. The highest BCUT2D eigenvalue weighted by Crippen LogP contribution is 2.19.